The summed E-state index contributed by atoms with van der Waals surface area (Å²) < 4.78 is 7.45. The second-order valence-electron chi connectivity index (χ2n) is 6.60. The van der Waals surface area contributed by atoms with Gasteiger partial charge in [-0.3, -0.25) is 4.90 Å². The molecule has 4 heteroatoms. The van der Waals surface area contributed by atoms with E-state index in [9.17, 15) is 5.11 Å². The van der Waals surface area contributed by atoms with Gasteiger partial charge in [0.25, 0.3) is 0 Å². The largest absolute Gasteiger partial charge is 0.394 e. The van der Waals surface area contributed by atoms with E-state index in [0.29, 0.717) is 6.61 Å². The van der Waals surface area contributed by atoms with Crippen LogP contribution in [0.2, 0.25) is 0 Å². The number of ether oxygens (including phenoxy) is 1. The first kappa shape index (κ1) is 19.4. The van der Waals surface area contributed by atoms with Gasteiger partial charge in [-0.1, -0.05) is 36.4 Å². The van der Waals surface area contributed by atoms with Crippen molar-refractivity contribution in [3.05, 3.63) is 72.6 Å². The van der Waals surface area contributed by atoms with Crippen LogP contribution in [-0.2, 0) is 17.8 Å². The molecule has 0 amide bonds. The van der Waals surface area contributed by atoms with Gasteiger partial charge in [-0.25, -0.2) is 0 Å². The van der Waals surface area contributed by atoms with Crippen molar-refractivity contribution in [2.75, 3.05) is 26.9 Å². The summed E-state index contributed by atoms with van der Waals surface area (Å²) in [6.45, 7) is 9.15. The quantitative estimate of drug-likeness (QED) is 0.503. The van der Waals surface area contributed by atoms with E-state index in [1.165, 1.54) is 11.3 Å². The van der Waals surface area contributed by atoms with Gasteiger partial charge in [-0.2, -0.15) is 0 Å². The summed E-state index contributed by atoms with van der Waals surface area (Å²) in [7, 11) is 1.72. The third-order valence-corrected chi connectivity index (χ3v) is 4.73. The number of rotatable bonds is 11. The molecule has 1 atom stereocenters. The molecule has 0 aliphatic carbocycles. The predicted octanol–water partition coefficient (Wildman–Crippen LogP) is 3.31. The average Bonchev–Trinajstić information content (AvgIpc) is 3.08. The smallest absolute Gasteiger partial charge is 0.0648 e. The van der Waals surface area contributed by atoms with Gasteiger partial charge in [0.15, 0.2) is 0 Å². The Morgan fingerprint density at radius 3 is 2.64 bits per heavy atom. The molecule has 0 unspecified atom stereocenters. The highest BCUT2D eigenvalue weighted by atomic mass is 16.5. The average molecular weight is 342 g/mol. The molecule has 0 spiro atoms. The zero-order valence-electron chi connectivity index (χ0n) is 15.4. The van der Waals surface area contributed by atoms with E-state index < -0.39 is 5.54 Å². The molecule has 0 saturated heterocycles. The summed E-state index contributed by atoms with van der Waals surface area (Å²) >= 11 is 0. The van der Waals surface area contributed by atoms with Gasteiger partial charge in [0.1, 0.15) is 0 Å². The van der Waals surface area contributed by atoms with Crippen LogP contribution in [0.1, 0.15) is 24.6 Å². The Morgan fingerprint density at radius 2 is 2.00 bits per heavy atom. The number of aromatic nitrogens is 1. The molecule has 25 heavy (non-hydrogen) atoms. The van der Waals surface area contributed by atoms with E-state index in [4.69, 9.17) is 4.74 Å². The molecule has 0 aliphatic heterocycles. The Hall–Kier alpha value is -1.88. The fourth-order valence-electron chi connectivity index (χ4n) is 2.93. The molecular weight excluding hydrogens is 312 g/mol. The summed E-state index contributed by atoms with van der Waals surface area (Å²) in [5, 5.41) is 9.89. The van der Waals surface area contributed by atoms with Gasteiger partial charge in [0.2, 0.25) is 0 Å². The number of benzene rings is 1. The summed E-state index contributed by atoms with van der Waals surface area (Å²) in [5.74, 6) is 0. The third-order valence-electron chi connectivity index (χ3n) is 4.73. The Morgan fingerprint density at radius 1 is 1.24 bits per heavy atom. The molecule has 136 valence electrons. The van der Waals surface area contributed by atoms with Gasteiger partial charge in [-0.15, -0.1) is 6.58 Å². The van der Waals surface area contributed by atoms with Crippen molar-refractivity contribution < 1.29 is 9.84 Å². The monoisotopic (exact) mass is 342 g/mol. The van der Waals surface area contributed by atoms with Crippen molar-refractivity contribution in [2.45, 2.75) is 32.0 Å². The van der Waals surface area contributed by atoms with Crippen LogP contribution in [0.3, 0.4) is 0 Å². The minimum absolute atomic E-state index is 0.0445. The lowest BCUT2D eigenvalue weighted by molar-refractivity contribution is 0.0616. The number of hydrogen-bond donors (Lipinski definition) is 1. The molecule has 2 aromatic rings. The van der Waals surface area contributed by atoms with Crippen molar-refractivity contribution in [2.24, 2.45) is 0 Å². The highest BCUT2D eigenvalue weighted by Gasteiger charge is 2.28. The molecule has 0 fully saturated rings. The van der Waals surface area contributed by atoms with Crippen molar-refractivity contribution in [1.29, 1.82) is 0 Å². The van der Waals surface area contributed by atoms with E-state index in [0.717, 1.165) is 26.1 Å². The second-order valence-corrected chi connectivity index (χ2v) is 6.60. The number of aliphatic hydroxyl groups is 1. The van der Waals surface area contributed by atoms with Crippen LogP contribution in [0, 0.1) is 0 Å². The molecule has 1 heterocycles. The first-order valence-electron chi connectivity index (χ1n) is 8.79. The Bertz CT molecular complexity index is 638. The molecule has 0 radical (unpaired) electrons. The predicted molar refractivity (Wildman–Crippen MR) is 103 cm³/mol. The molecule has 0 bridgehead atoms. The minimum atomic E-state index is -0.449. The second kappa shape index (κ2) is 9.56. The summed E-state index contributed by atoms with van der Waals surface area (Å²) in [4.78, 5) is 2.27. The van der Waals surface area contributed by atoms with Crippen molar-refractivity contribution in [1.82, 2.24) is 9.47 Å². The van der Waals surface area contributed by atoms with E-state index in [-0.39, 0.29) is 6.61 Å². The van der Waals surface area contributed by atoms with Gasteiger partial charge in [-0.05, 0) is 31.0 Å². The zero-order valence-corrected chi connectivity index (χ0v) is 15.4. The topological polar surface area (TPSA) is 37.6 Å². The van der Waals surface area contributed by atoms with Crippen LogP contribution in [0.15, 0.2) is 61.3 Å². The maximum Gasteiger partial charge on any atom is 0.0648 e. The van der Waals surface area contributed by atoms with Crippen LogP contribution in [-0.4, -0.2) is 47.0 Å². The van der Waals surface area contributed by atoms with Crippen LogP contribution >= 0.6 is 0 Å². The van der Waals surface area contributed by atoms with E-state index >= 15 is 0 Å². The third kappa shape index (κ3) is 5.30. The SMILES string of the molecule is C=C[C@](C)(CO)N(CCCOC)Cc1cccn1Cc1ccccc1. The fraction of sp³-hybridized carbons (Fsp3) is 0.429. The first-order chi connectivity index (χ1) is 12.1. The maximum absolute atomic E-state index is 9.89. The fourth-order valence-corrected chi connectivity index (χ4v) is 2.93. The van der Waals surface area contributed by atoms with Crippen LogP contribution in [0.5, 0.6) is 0 Å². The molecule has 0 saturated carbocycles. The number of aliphatic hydroxyl groups excluding tert-OH is 1. The van der Waals surface area contributed by atoms with Gasteiger partial charge in [0.05, 0.1) is 12.1 Å². The molecule has 1 aromatic heterocycles. The Kier molecular flexibility index (Phi) is 7.44. The highest BCUT2D eigenvalue weighted by Crippen LogP contribution is 2.21. The van der Waals surface area contributed by atoms with Crippen LogP contribution < -0.4 is 0 Å². The van der Waals surface area contributed by atoms with Gasteiger partial charge in [0, 0.05) is 45.2 Å². The van der Waals surface area contributed by atoms with E-state index in [1.807, 2.05) is 19.1 Å². The van der Waals surface area contributed by atoms with E-state index in [2.05, 4.69) is 58.6 Å². The zero-order chi connectivity index (χ0) is 18.1. The van der Waals surface area contributed by atoms with Crippen LogP contribution in [0.25, 0.3) is 0 Å². The summed E-state index contributed by atoms with van der Waals surface area (Å²) in [6.07, 6.45) is 4.86. The number of methoxy groups -OCH3 is 1. The molecule has 4 nitrogen and oxygen atoms in total. The Balaban J connectivity index is 2.15. The summed E-state index contributed by atoms with van der Waals surface area (Å²) in [5.41, 5.74) is 2.05. The molecule has 0 aliphatic rings. The lowest BCUT2D eigenvalue weighted by atomic mass is 10.0. The highest BCUT2D eigenvalue weighted by molar-refractivity contribution is 5.18. The number of hydrogen-bond acceptors (Lipinski definition) is 3. The Labute approximate surface area is 151 Å². The molecule has 2 rings (SSSR count). The normalized spacial score (nSPS) is 13.8. The summed E-state index contributed by atoms with van der Waals surface area (Å²) in [6, 6.07) is 14.7. The minimum Gasteiger partial charge on any atom is -0.394 e. The molecule has 1 N–H and O–H groups in total. The van der Waals surface area contributed by atoms with Crippen molar-refractivity contribution in [3.8, 4) is 0 Å². The van der Waals surface area contributed by atoms with E-state index in [1.54, 1.807) is 7.11 Å². The maximum atomic E-state index is 9.89. The molecule has 1 aromatic carbocycles. The molecular formula is C21H30N2O2. The standard InChI is InChI=1S/C21H30N2O2/c1-4-21(2,18-24)23(14-9-15-25-3)17-20-12-8-13-22(20)16-19-10-6-5-7-11-19/h4-8,10-13,24H,1,9,14-18H2,2-3H3/t21-/m1/s1. The van der Waals surface area contributed by atoms with Crippen LogP contribution in [0.4, 0.5) is 0 Å². The van der Waals surface area contributed by atoms with Gasteiger partial charge >= 0.3 is 0 Å². The van der Waals surface area contributed by atoms with Crippen molar-refractivity contribution >= 4 is 0 Å². The van der Waals surface area contributed by atoms with Crippen molar-refractivity contribution in [3.63, 3.8) is 0 Å². The number of nitrogens with zero attached hydrogens (tertiary/aromatic N) is 2. The van der Waals surface area contributed by atoms with Gasteiger partial charge < -0.3 is 14.4 Å². The lowest BCUT2D eigenvalue weighted by Crippen LogP contribution is -2.48. The lowest BCUT2D eigenvalue weighted by Gasteiger charge is -2.38. The first-order valence-corrected chi connectivity index (χ1v) is 8.79.